The van der Waals surface area contributed by atoms with Crippen LogP contribution in [0.25, 0.3) is 0 Å². The molecule has 29 heavy (non-hydrogen) atoms. The Labute approximate surface area is 191 Å². The number of furan rings is 1. The van der Waals surface area contributed by atoms with E-state index in [2.05, 4.69) is 22.5 Å². The Bertz CT molecular complexity index is 745. The zero-order chi connectivity index (χ0) is 20.2. The Morgan fingerprint density at radius 2 is 1.86 bits per heavy atom. The van der Waals surface area contributed by atoms with Gasteiger partial charge in [-0.25, -0.2) is 0 Å². The molecule has 0 atom stereocenters. The smallest absolute Gasteiger partial charge is 0.253 e. The van der Waals surface area contributed by atoms with Gasteiger partial charge in [0.15, 0.2) is 5.96 Å². The van der Waals surface area contributed by atoms with Crippen LogP contribution in [-0.2, 0) is 12.8 Å². The number of rotatable bonds is 10. The first-order valence-electron chi connectivity index (χ1n) is 9.95. The van der Waals surface area contributed by atoms with Crippen molar-refractivity contribution in [3.05, 3.63) is 59.5 Å². The summed E-state index contributed by atoms with van der Waals surface area (Å²) < 4.78 is 5.37. The molecule has 0 saturated carbocycles. The maximum Gasteiger partial charge on any atom is 0.253 e. The van der Waals surface area contributed by atoms with Crippen molar-refractivity contribution in [3.8, 4) is 0 Å². The molecule has 1 aromatic carbocycles. The van der Waals surface area contributed by atoms with Gasteiger partial charge in [-0.1, -0.05) is 25.5 Å². The van der Waals surface area contributed by atoms with Crippen LogP contribution >= 0.6 is 24.0 Å². The number of hydrogen-bond donors (Lipinski definition) is 2. The Morgan fingerprint density at radius 1 is 1.10 bits per heavy atom. The van der Waals surface area contributed by atoms with Crippen LogP contribution in [0.1, 0.15) is 41.4 Å². The minimum absolute atomic E-state index is 0. The van der Waals surface area contributed by atoms with Crippen molar-refractivity contribution in [1.29, 1.82) is 0 Å². The normalized spacial score (nSPS) is 10.9. The molecule has 2 rings (SSSR count). The third-order valence-electron chi connectivity index (χ3n) is 4.31. The third kappa shape index (κ3) is 9.34. The highest BCUT2D eigenvalue weighted by Gasteiger charge is 2.08. The van der Waals surface area contributed by atoms with Gasteiger partial charge in [0.05, 0.1) is 6.26 Å². The minimum atomic E-state index is 0. The van der Waals surface area contributed by atoms with Gasteiger partial charge < -0.3 is 20.0 Å². The Balaban J connectivity index is 0.00000420. The van der Waals surface area contributed by atoms with Gasteiger partial charge in [0.1, 0.15) is 5.76 Å². The summed E-state index contributed by atoms with van der Waals surface area (Å²) in [7, 11) is 3.54. The van der Waals surface area contributed by atoms with E-state index in [0.29, 0.717) is 0 Å². The molecule has 0 saturated heterocycles. The van der Waals surface area contributed by atoms with E-state index in [-0.39, 0.29) is 29.9 Å². The average molecular weight is 512 g/mol. The van der Waals surface area contributed by atoms with E-state index in [4.69, 9.17) is 4.42 Å². The number of guanidine groups is 1. The zero-order valence-electron chi connectivity index (χ0n) is 17.6. The quantitative estimate of drug-likeness (QED) is 0.221. The fourth-order valence-corrected chi connectivity index (χ4v) is 2.73. The van der Waals surface area contributed by atoms with E-state index in [0.717, 1.165) is 68.2 Å². The molecule has 0 spiro atoms. The van der Waals surface area contributed by atoms with Gasteiger partial charge >= 0.3 is 0 Å². The lowest BCUT2D eigenvalue weighted by atomic mass is 10.1. The topological polar surface area (TPSA) is 69.9 Å². The molecule has 0 radical (unpaired) electrons. The average Bonchev–Trinajstić information content (AvgIpc) is 3.21. The Hall–Kier alpha value is -2.03. The third-order valence-corrected chi connectivity index (χ3v) is 4.31. The number of carbonyl (C=O) groups is 1. The first-order valence-corrected chi connectivity index (χ1v) is 9.95. The Kier molecular flexibility index (Phi) is 12.1. The number of aliphatic imine (C=N–C) groups is 1. The van der Waals surface area contributed by atoms with Crippen molar-refractivity contribution in [2.45, 2.75) is 32.6 Å². The van der Waals surface area contributed by atoms with Gasteiger partial charge in [0.2, 0.25) is 0 Å². The molecule has 1 heterocycles. The van der Waals surface area contributed by atoms with Crippen molar-refractivity contribution in [3.63, 3.8) is 0 Å². The van der Waals surface area contributed by atoms with E-state index < -0.39 is 0 Å². The molecule has 160 valence electrons. The molecule has 2 aromatic rings. The summed E-state index contributed by atoms with van der Waals surface area (Å²) in [5, 5.41) is 6.76. The summed E-state index contributed by atoms with van der Waals surface area (Å²) in [5.74, 6) is 1.81. The summed E-state index contributed by atoms with van der Waals surface area (Å²) >= 11 is 0. The van der Waals surface area contributed by atoms with E-state index in [1.165, 1.54) is 0 Å². The molecule has 0 fully saturated rings. The highest BCUT2D eigenvalue weighted by Crippen LogP contribution is 2.07. The van der Waals surface area contributed by atoms with Crippen molar-refractivity contribution < 1.29 is 9.21 Å². The SMILES string of the molecule is CCCCN=C(NCCc1cccc(C(=O)N(C)C)c1)NCCc1ccco1.I. The number of nitrogens with one attached hydrogen (secondary N) is 2. The van der Waals surface area contributed by atoms with Crippen LogP contribution in [-0.4, -0.2) is 50.5 Å². The molecule has 7 heteroatoms. The lowest BCUT2D eigenvalue weighted by molar-refractivity contribution is 0.0827. The van der Waals surface area contributed by atoms with Gasteiger partial charge in [-0.15, -0.1) is 24.0 Å². The lowest BCUT2D eigenvalue weighted by Crippen LogP contribution is -2.39. The van der Waals surface area contributed by atoms with E-state index in [1.54, 1.807) is 25.3 Å². The summed E-state index contributed by atoms with van der Waals surface area (Å²) in [4.78, 5) is 18.3. The number of amides is 1. The van der Waals surface area contributed by atoms with E-state index in [1.807, 2.05) is 36.4 Å². The number of benzene rings is 1. The largest absolute Gasteiger partial charge is 0.469 e. The van der Waals surface area contributed by atoms with E-state index >= 15 is 0 Å². The van der Waals surface area contributed by atoms with Crippen molar-refractivity contribution in [2.75, 3.05) is 33.7 Å². The Morgan fingerprint density at radius 3 is 2.52 bits per heavy atom. The number of carbonyl (C=O) groups excluding carboxylic acids is 1. The van der Waals surface area contributed by atoms with Crippen molar-refractivity contribution in [1.82, 2.24) is 15.5 Å². The molecule has 1 amide bonds. The maximum absolute atomic E-state index is 12.1. The number of hydrogen-bond acceptors (Lipinski definition) is 3. The molecule has 0 aliphatic carbocycles. The first-order chi connectivity index (χ1) is 13.6. The molecule has 0 unspecified atom stereocenters. The molecule has 0 bridgehead atoms. The monoisotopic (exact) mass is 512 g/mol. The second-order valence-corrected chi connectivity index (χ2v) is 6.92. The van der Waals surface area contributed by atoms with Crippen LogP contribution in [0.5, 0.6) is 0 Å². The standard InChI is InChI=1S/C22H32N4O2.HI/c1-4-5-13-23-22(25-15-12-20-10-7-16-28-20)24-14-11-18-8-6-9-19(17-18)21(27)26(2)3;/h6-10,16-17H,4-5,11-15H2,1-3H3,(H2,23,24,25);1H. The summed E-state index contributed by atoms with van der Waals surface area (Å²) in [6, 6.07) is 11.7. The van der Waals surface area contributed by atoms with Gasteiger partial charge in [0, 0.05) is 45.7 Å². The van der Waals surface area contributed by atoms with Crippen LogP contribution in [0.3, 0.4) is 0 Å². The van der Waals surface area contributed by atoms with Crippen LogP contribution in [0.15, 0.2) is 52.1 Å². The zero-order valence-corrected chi connectivity index (χ0v) is 19.9. The summed E-state index contributed by atoms with van der Waals surface area (Å²) in [6.07, 6.45) is 5.52. The van der Waals surface area contributed by atoms with Crippen LogP contribution in [0.4, 0.5) is 0 Å². The second kappa shape index (κ2) is 14.0. The fraction of sp³-hybridized carbons (Fsp3) is 0.455. The molecular weight excluding hydrogens is 479 g/mol. The van der Waals surface area contributed by atoms with Crippen LogP contribution < -0.4 is 10.6 Å². The van der Waals surface area contributed by atoms with Gasteiger partial charge in [-0.2, -0.15) is 0 Å². The molecule has 6 nitrogen and oxygen atoms in total. The second-order valence-electron chi connectivity index (χ2n) is 6.92. The highest BCUT2D eigenvalue weighted by molar-refractivity contribution is 14.0. The number of nitrogens with zero attached hydrogens (tertiary/aromatic N) is 2. The molecule has 2 N–H and O–H groups in total. The van der Waals surface area contributed by atoms with Crippen molar-refractivity contribution in [2.24, 2.45) is 4.99 Å². The molecule has 0 aliphatic rings. The lowest BCUT2D eigenvalue weighted by Gasteiger charge is -2.13. The number of unbranched alkanes of at least 4 members (excludes halogenated alkanes) is 1. The molecule has 1 aromatic heterocycles. The van der Waals surface area contributed by atoms with E-state index in [9.17, 15) is 4.79 Å². The number of halogens is 1. The highest BCUT2D eigenvalue weighted by atomic mass is 127. The molecule has 0 aliphatic heterocycles. The van der Waals surface area contributed by atoms with Gasteiger partial charge in [0.25, 0.3) is 5.91 Å². The first kappa shape index (κ1) is 25.0. The van der Waals surface area contributed by atoms with Gasteiger partial charge in [-0.05, 0) is 42.7 Å². The summed E-state index contributed by atoms with van der Waals surface area (Å²) in [6.45, 7) is 4.48. The predicted molar refractivity (Wildman–Crippen MR) is 129 cm³/mol. The van der Waals surface area contributed by atoms with Crippen LogP contribution in [0, 0.1) is 0 Å². The molecular formula is C22H33IN4O2. The predicted octanol–water partition coefficient (Wildman–Crippen LogP) is 3.72. The van der Waals surface area contributed by atoms with Crippen LogP contribution in [0.2, 0.25) is 0 Å². The summed E-state index contributed by atoms with van der Waals surface area (Å²) in [5.41, 5.74) is 1.85. The van der Waals surface area contributed by atoms with Crippen molar-refractivity contribution >= 4 is 35.8 Å². The maximum atomic E-state index is 12.1. The minimum Gasteiger partial charge on any atom is -0.469 e. The van der Waals surface area contributed by atoms with Gasteiger partial charge in [-0.3, -0.25) is 9.79 Å². The fourth-order valence-electron chi connectivity index (χ4n) is 2.73.